The van der Waals surface area contributed by atoms with E-state index in [-0.39, 0.29) is 18.3 Å². The molecule has 0 radical (unpaired) electrons. The van der Waals surface area contributed by atoms with Gasteiger partial charge in [0.05, 0.1) is 12.2 Å². The molecule has 104 valence electrons. The van der Waals surface area contributed by atoms with E-state index in [1.165, 1.54) is 24.3 Å². The SMILES string of the molecule is O=C(CNc1cc(Cl)ccc1Br)Nc1ccc(F)cc1. The van der Waals surface area contributed by atoms with Crippen LogP contribution in [-0.2, 0) is 4.79 Å². The Balaban J connectivity index is 1.92. The van der Waals surface area contributed by atoms with Crippen LogP contribution in [0.5, 0.6) is 0 Å². The molecule has 0 aliphatic carbocycles. The first-order valence-electron chi connectivity index (χ1n) is 5.79. The molecular formula is C14H11BrClFN2O. The molecule has 0 aliphatic rings. The van der Waals surface area contributed by atoms with Crippen molar-refractivity contribution in [3.05, 3.63) is 57.8 Å². The minimum Gasteiger partial charge on any atom is -0.375 e. The van der Waals surface area contributed by atoms with Crippen LogP contribution in [-0.4, -0.2) is 12.5 Å². The van der Waals surface area contributed by atoms with Gasteiger partial charge in [-0.25, -0.2) is 4.39 Å². The molecule has 0 saturated carbocycles. The fourth-order valence-electron chi connectivity index (χ4n) is 1.55. The molecule has 2 rings (SSSR count). The predicted molar refractivity (Wildman–Crippen MR) is 82.7 cm³/mol. The first kappa shape index (κ1) is 14.8. The van der Waals surface area contributed by atoms with E-state index in [4.69, 9.17) is 11.6 Å². The standard InChI is InChI=1S/C14H11BrClFN2O/c15-12-6-1-9(16)7-13(12)18-8-14(20)19-11-4-2-10(17)3-5-11/h1-7,18H,8H2,(H,19,20). The quantitative estimate of drug-likeness (QED) is 0.857. The highest BCUT2D eigenvalue weighted by atomic mass is 79.9. The Kier molecular flexibility index (Phi) is 4.98. The van der Waals surface area contributed by atoms with Gasteiger partial charge in [0.15, 0.2) is 0 Å². The average molecular weight is 358 g/mol. The van der Waals surface area contributed by atoms with E-state index in [0.29, 0.717) is 10.7 Å². The van der Waals surface area contributed by atoms with Crippen LogP contribution in [0.4, 0.5) is 15.8 Å². The molecule has 0 heterocycles. The summed E-state index contributed by atoms with van der Waals surface area (Å²) in [6, 6.07) is 10.8. The van der Waals surface area contributed by atoms with Gasteiger partial charge in [0, 0.05) is 15.2 Å². The summed E-state index contributed by atoms with van der Waals surface area (Å²) in [4.78, 5) is 11.8. The van der Waals surface area contributed by atoms with E-state index in [0.717, 1.165) is 10.2 Å². The third-order valence-electron chi connectivity index (χ3n) is 2.50. The monoisotopic (exact) mass is 356 g/mol. The number of amides is 1. The summed E-state index contributed by atoms with van der Waals surface area (Å²) in [5.74, 6) is -0.576. The first-order valence-corrected chi connectivity index (χ1v) is 6.96. The Labute approximate surface area is 129 Å². The van der Waals surface area contributed by atoms with E-state index in [1.807, 2.05) is 0 Å². The van der Waals surface area contributed by atoms with Crippen LogP contribution in [0.3, 0.4) is 0 Å². The lowest BCUT2D eigenvalue weighted by Crippen LogP contribution is -2.21. The molecule has 0 aromatic heterocycles. The Morgan fingerprint density at radius 1 is 1.20 bits per heavy atom. The molecule has 6 heteroatoms. The fourth-order valence-corrected chi connectivity index (χ4v) is 2.11. The van der Waals surface area contributed by atoms with Crippen molar-refractivity contribution >= 4 is 44.8 Å². The molecule has 0 fully saturated rings. The van der Waals surface area contributed by atoms with E-state index in [2.05, 4.69) is 26.6 Å². The molecule has 0 bridgehead atoms. The van der Waals surface area contributed by atoms with Gasteiger partial charge in [0.2, 0.25) is 5.91 Å². The number of rotatable bonds is 4. The summed E-state index contributed by atoms with van der Waals surface area (Å²) in [5, 5.41) is 6.20. The zero-order chi connectivity index (χ0) is 14.5. The molecule has 0 spiro atoms. The number of anilines is 2. The van der Waals surface area contributed by atoms with E-state index >= 15 is 0 Å². The van der Waals surface area contributed by atoms with Crippen LogP contribution in [0.25, 0.3) is 0 Å². The molecule has 0 aliphatic heterocycles. The van der Waals surface area contributed by atoms with Crippen LogP contribution in [0.2, 0.25) is 5.02 Å². The van der Waals surface area contributed by atoms with Gasteiger partial charge in [-0.05, 0) is 58.4 Å². The number of hydrogen-bond acceptors (Lipinski definition) is 2. The number of hydrogen-bond donors (Lipinski definition) is 2. The normalized spacial score (nSPS) is 10.2. The third kappa shape index (κ3) is 4.21. The molecule has 2 N–H and O–H groups in total. The maximum absolute atomic E-state index is 12.7. The molecule has 2 aromatic carbocycles. The second-order valence-corrected chi connectivity index (χ2v) is 5.32. The molecule has 0 saturated heterocycles. The summed E-state index contributed by atoms with van der Waals surface area (Å²) in [6.07, 6.45) is 0. The lowest BCUT2D eigenvalue weighted by molar-refractivity contribution is -0.114. The molecular weight excluding hydrogens is 347 g/mol. The number of halogens is 3. The highest BCUT2D eigenvalue weighted by Crippen LogP contribution is 2.25. The minimum absolute atomic E-state index is 0.0797. The molecule has 0 unspecified atom stereocenters. The number of carbonyl (C=O) groups is 1. The summed E-state index contributed by atoms with van der Waals surface area (Å²) in [7, 11) is 0. The van der Waals surface area contributed by atoms with Crippen molar-refractivity contribution in [2.24, 2.45) is 0 Å². The minimum atomic E-state index is -0.344. The number of nitrogens with one attached hydrogen (secondary N) is 2. The van der Waals surface area contributed by atoms with Crippen molar-refractivity contribution in [3.8, 4) is 0 Å². The summed E-state index contributed by atoms with van der Waals surface area (Å²) >= 11 is 9.24. The Bertz CT molecular complexity index is 619. The van der Waals surface area contributed by atoms with Crippen molar-refractivity contribution in [2.75, 3.05) is 17.2 Å². The Morgan fingerprint density at radius 2 is 1.90 bits per heavy atom. The van der Waals surface area contributed by atoms with Crippen molar-refractivity contribution in [3.63, 3.8) is 0 Å². The van der Waals surface area contributed by atoms with Crippen LogP contribution in [0.1, 0.15) is 0 Å². The number of benzene rings is 2. The largest absolute Gasteiger partial charge is 0.375 e. The maximum atomic E-state index is 12.7. The molecule has 20 heavy (non-hydrogen) atoms. The van der Waals surface area contributed by atoms with Crippen molar-refractivity contribution in [2.45, 2.75) is 0 Å². The van der Waals surface area contributed by atoms with Crippen LogP contribution < -0.4 is 10.6 Å². The molecule has 1 amide bonds. The van der Waals surface area contributed by atoms with Gasteiger partial charge in [-0.1, -0.05) is 11.6 Å². The van der Waals surface area contributed by atoms with Gasteiger partial charge >= 0.3 is 0 Å². The first-order chi connectivity index (χ1) is 9.54. The van der Waals surface area contributed by atoms with Gasteiger partial charge in [0.25, 0.3) is 0 Å². The van der Waals surface area contributed by atoms with E-state index in [9.17, 15) is 9.18 Å². The second-order valence-electron chi connectivity index (χ2n) is 4.03. The lowest BCUT2D eigenvalue weighted by atomic mass is 10.3. The van der Waals surface area contributed by atoms with Gasteiger partial charge in [0.1, 0.15) is 5.82 Å². The fraction of sp³-hybridized carbons (Fsp3) is 0.0714. The highest BCUT2D eigenvalue weighted by Gasteiger charge is 2.05. The summed E-state index contributed by atoms with van der Waals surface area (Å²) < 4.78 is 13.5. The van der Waals surface area contributed by atoms with Gasteiger partial charge < -0.3 is 10.6 Å². The number of carbonyl (C=O) groups excluding carboxylic acids is 1. The second kappa shape index (κ2) is 6.72. The molecule has 0 atom stereocenters. The van der Waals surface area contributed by atoms with Gasteiger partial charge in [-0.15, -0.1) is 0 Å². The lowest BCUT2D eigenvalue weighted by Gasteiger charge is -2.09. The molecule has 2 aromatic rings. The van der Waals surface area contributed by atoms with Crippen LogP contribution >= 0.6 is 27.5 Å². The van der Waals surface area contributed by atoms with Crippen LogP contribution in [0.15, 0.2) is 46.9 Å². The average Bonchev–Trinajstić information content (AvgIpc) is 2.42. The van der Waals surface area contributed by atoms with Gasteiger partial charge in [-0.3, -0.25) is 4.79 Å². The Morgan fingerprint density at radius 3 is 2.60 bits per heavy atom. The van der Waals surface area contributed by atoms with Crippen molar-refractivity contribution in [1.29, 1.82) is 0 Å². The van der Waals surface area contributed by atoms with E-state index < -0.39 is 0 Å². The van der Waals surface area contributed by atoms with Crippen molar-refractivity contribution < 1.29 is 9.18 Å². The smallest absolute Gasteiger partial charge is 0.243 e. The predicted octanol–water partition coefficient (Wildman–Crippen LogP) is 4.29. The molecule has 3 nitrogen and oxygen atoms in total. The topological polar surface area (TPSA) is 41.1 Å². The third-order valence-corrected chi connectivity index (χ3v) is 3.42. The van der Waals surface area contributed by atoms with E-state index in [1.54, 1.807) is 18.2 Å². The highest BCUT2D eigenvalue weighted by molar-refractivity contribution is 9.10. The summed E-state index contributed by atoms with van der Waals surface area (Å²) in [6.45, 7) is 0.0797. The van der Waals surface area contributed by atoms with Crippen molar-refractivity contribution in [1.82, 2.24) is 0 Å². The van der Waals surface area contributed by atoms with Crippen LogP contribution in [0, 0.1) is 5.82 Å². The zero-order valence-corrected chi connectivity index (χ0v) is 12.6. The maximum Gasteiger partial charge on any atom is 0.243 e. The van der Waals surface area contributed by atoms with Gasteiger partial charge in [-0.2, -0.15) is 0 Å². The summed E-state index contributed by atoms with van der Waals surface area (Å²) in [5.41, 5.74) is 1.27. The zero-order valence-electron chi connectivity index (χ0n) is 10.3. The Hall–Kier alpha value is -1.59.